The Hall–Kier alpha value is -1.72. The van der Waals surface area contributed by atoms with Gasteiger partial charge in [-0.3, -0.25) is 9.80 Å². The van der Waals surface area contributed by atoms with Gasteiger partial charge >= 0.3 is 0 Å². The van der Waals surface area contributed by atoms with E-state index in [-0.39, 0.29) is 0 Å². The molecule has 1 unspecified atom stereocenters. The molecular weight excluding hydrogens is 336 g/mol. The fourth-order valence-electron chi connectivity index (χ4n) is 4.39. The van der Waals surface area contributed by atoms with Crippen LogP contribution >= 0.6 is 0 Å². The van der Waals surface area contributed by atoms with Crippen molar-refractivity contribution in [2.45, 2.75) is 70.5 Å². The Labute approximate surface area is 162 Å². The number of likely N-dealkylation sites (tertiary alicyclic amines) is 1. The van der Waals surface area contributed by atoms with Gasteiger partial charge in [0.15, 0.2) is 5.82 Å². The maximum absolute atomic E-state index is 5.10. The van der Waals surface area contributed by atoms with Gasteiger partial charge < -0.3 is 4.52 Å². The maximum Gasteiger partial charge on any atom is 0.223 e. The molecule has 5 heteroatoms. The van der Waals surface area contributed by atoms with E-state index in [0.29, 0.717) is 11.9 Å². The topological polar surface area (TPSA) is 45.4 Å². The molecule has 27 heavy (non-hydrogen) atoms. The molecule has 4 rings (SSSR count). The average molecular weight is 369 g/mol. The second-order valence-electron chi connectivity index (χ2n) is 8.38. The van der Waals surface area contributed by atoms with Crippen LogP contribution in [0.5, 0.6) is 0 Å². The molecule has 0 radical (unpaired) electrons. The first kappa shape index (κ1) is 18.6. The van der Waals surface area contributed by atoms with Crippen LogP contribution in [0.15, 0.2) is 28.8 Å². The predicted molar refractivity (Wildman–Crippen MR) is 106 cm³/mol. The lowest BCUT2D eigenvalue weighted by atomic mass is 9.80. The van der Waals surface area contributed by atoms with E-state index in [1.807, 2.05) is 6.92 Å². The number of rotatable bonds is 6. The molecule has 1 saturated heterocycles. The number of hydrogen-bond donors (Lipinski definition) is 0. The van der Waals surface area contributed by atoms with Crippen LogP contribution in [0.2, 0.25) is 0 Å². The minimum absolute atomic E-state index is 0.592. The Morgan fingerprint density at radius 1 is 1.07 bits per heavy atom. The molecule has 1 aromatic heterocycles. The van der Waals surface area contributed by atoms with E-state index >= 15 is 0 Å². The van der Waals surface area contributed by atoms with Gasteiger partial charge in [-0.1, -0.05) is 35.8 Å². The molecule has 2 fully saturated rings. The molecule has 5 nitrogen and oxygen atoms in total. The van der Waals surface area contributed by atoms with Crippen LogP contribution in [0.3, 0.4) is 0 Å². The summed E-state index contributed by atoms with van der Waals surface area (Å²) in [6.07, 6.45) is 7.86. The third-order valence-corrected chi connectivity index (χ3v) is 6.34. The highest BCUT2D eigenvalue weighted by molar-refractivity contribution is 5.26. The van der Waals surface area contributed by atoms with Gasteiger partial charge in [0.2, 0.25) is 5.89 Å². The van der Waals surface area contributed by atoms with Gasteiger partial charge in [0.25, 0.3) is 0 Å². The van der Waals surface area contributed by atoms with Gasteiger partial charge in [-0.05, 0) is 69.3 Å². The zero-order valence-electron chi connectivity index (χ0n) is 16.7. The lowest BCUT2D eigenvalue weighted by Crippen LogP contribution is -2.33. The molecule has 146 valence electrons. The Bertz CT molecular complexity index is 722. The summed E-state index contributed by atoms with van der Waals surface area (Å²) in [5.41, 5.74) is 2.99. The molecule has 0 N–H and O–H groups in total. The van der Waals surface area contributed by atoms with Crippen molar-refractivity contribution in [3.63, 3.8) is 0 Å². The number of nitrogens with zero attached hydrogens (tertiary/aromatic N) is 4. The third kappa shape index (κ3) is 4.77. The maximum atomic E-state index is 5.10. The molecule has 0 bridgehead atoms. The summed E-state index contributed by atoms with van der Waals surface area (Å²) < 4.78 is 5.10. The second kappa shape index (κ2) is 8.53. The second-order valence-corrected chi connectivity index (χ2v) is 8.38. The van der Waals surface area contributed by atoms with Crippen LogP contribution in [0.1, 0.15) is 67.3 Å². The highest BCUT2D eigenvalue weighted by atomic mass is 16.5. The molecule has 1 saturated carbocycles. The first-order chi connectivity index (χ1) is 13.2. The number of benzene rings is 1. The standard InChI is InChI=1S/C22H32N4O/c1-17-23-22(24-27-17)16-25(2)21-7-4-13-26(14-12-21)15-18-8-10-20(11-9-18)19-5-3-6-19/h8-11,19,21H,3-7,12-16H2,1-2H3. The molecule has 0 amide bonds. The molecule has 1 aliphatic heterocycles. The van der Waals surface area contributed by atoms with Crippen molar-refractivity contribution in [1.82, 2.24) is 19.9 Å². The fourth-order valence-corrected chi connectivity index (χ4v) is 4.39. The summed E-state index contributed by atoms with van der Waals surface area (Å²) in [5.74, 6) is 2.27. The number of hydrogen-bond acceptors (Lipinski definition) is 5. The summed E-state index contributed by atoms with van der Waals surface area (Å²) >= 11 is 0. The van der Waals surface area contributed by atoms with E-state index in [4.69, 9.17) is 4.52 Å². The van der Waals surface area contributed by atoms with Gasteiger partial charge in [-0.2, -0.15) is 4.98 Å². The highest BCUT2D eigenvalue weighted by Gasteiger charge is 2.22. The van der Waals surface area contributed by atoms with Crippen molar-refractivity contribution in [3.05, 3.63) is 47.1 Å². The molecular formula is C22H32N4O. The Morgan fingerprint density at radius 3 is 2.56 bits per heavy atom. The van der Waals surface area contributed by atoms with Crippen molar-refractivity contribution in [3.8, 4) is 0 Å². The molecule has 2 aliphatic rings. The van der Waals surface area contributed by atoms with Gasteiger partial charge in [-0.15, -0.1) is 0 Å². The van der Waals surface area contributed by atoms with Crippen LogP contribution < -0.4 is 0 Å². The lowest BCUT2D eigenvalue weighted by molar-refractivity contribution is 0.200. The first-order valence-corrected chi connectivity index (χ1v) is 10.5. The summed E-state index contributed by atoms with van der Waals surface area (Å²) in [4.78, 5) is 9.35. The smallest absolute Gasteiger partial charge is 0.223 e. The van der Waals surface area contributed by atoms with Crippen molar-refractivity contribution < 1.29 is 4.52 Å². The molecule has 2 aromatic rings. The summed E-state index contributed by atoms with van der Waals surface area (Å²) in [6, 6.07) is 10.0. The minimum Gasteiger partial charge on any atom is -0.340 e. The molecule has 2 heterocycles. The fraction of sp³-hybridized carbons (Fsp3) is 0.636. The number of aryl methyl sites for hydroxylation is 1. The number of aromatic nitrogens is 2. The summed E-state index contributed by atoms with van der Waals surface area (Å²) in [5, 5.41) is 4.04. The van der Waals surface area contributed by atoms with Crippen molar-refractivity contribution in [2.75, 3.05) is 20.1 Å². The van der Waals surface area contributed by atoms with E-state index in [2.05, 4.69) is 51.3 Å². The largest absolute Gasteiger partial charge is 0.340 e. The van der Waals surface area contributed by atoms with Crippen molar-refractivity contribution >= 4 is 0 Å². The van der Waals surface area contributed by atoms with Crippen LogP contribution in [0.25, 0.3) is 0 Å². The van der Waals surface area contributed by atoms with Crippen LogP contribution in [-0.4, -0.2) is 46.1 Å². The molecule has 1 atom stereocenters. The van der Waals surface area contributed by atoms with E-state index < -0.39 is 0 Å². The summed E-state index contributed by atoms with van der Waals surface area (Å²) in [6.45, 7) is 6.04. The zero-order valence-corrected chi connectivity index (χ0v) is 16.7. The van der Waals surface area contributed by atoms with Crippen LogP contribution in [0, 0.1) is 6.92 Å². The third-order valence-electron chi connectivity index (χ3n) is 6.34. The Morgan fingerprint density at radius 2 is 1.89 bits per heavy atom. The van der Waals surface area contributed by atoms with Gasteiger partial charge in [0.05, 0.1) is 6.54 Å². The Kier molecular flexibility index (Phi) is 5.89. The normalized spacial score (nSPS) is 22.0. The quantitative estimate of drug-likeness (QED) is 0.767. The Balaban J connectivity index is 1.27. The van der Waals surface area contributed by atoms with E-state index in [1.165, 1.54) is 50.6 Å². The van der Waals surface area contributed by atoms with E-state index in [9.17, 15) is 0 Å². The van der Waals surface area contributed by atoms with Crippen molar-refractivity contribution in [2.24, 2.45) is 0 Å². The highest BCUT2D eigenvalue weighted by Crippen LogP contribution is 2.36. The van der Waals surface area contributed by atoms with Gasteiger partial charge in [0, 0.05) is 19.5 Å². The predicted octanol–water partition coefficient (Wildman–Crippen LogP) is 4.13. The minimum atomic E-state index is 0.592. The van der Waals surface area contributed by atoms with Crippen molar-refractivity contribution in [1.29, 1.82) is 0 Å². The van der Waals surface area contributed by atoms with Gasteiger partial charge in [-0.25, -0.2) is 0 Å². The average Bonchev–Trinajstić information content (AvgIpc) is 2.88. The lowest BCUT2D eigenvalue weighted by Gasteiger charge is -2.27. The zero-order chi connectivity index (χ0) is 18.6. The molecule has 1 aliphatic carbocycles. The summed E-state index contributed by atoms with van der Waals surface area (Å²) in [7, 11) is 2.19. The monoisotopic (exact) mass is 368 g/mol. The first-order valence-electron chi connectivity index (χ1n) is 10.5. The SMILES string of the molecule is Cc1nc(CN(C)C2CCCN(Cc3ccc(C4CCC4)cc3)CC2)no1. The van der Waals surface area contributed by atoms with E-state index in [0.717, 1.165) is 31.4 Å². The van der Waals surface area contributed by atoms with E-state index in [1.54, 1.807) is 5.56 Å². The molecule has 1 aromatic carbocycles. The van der Waals surface area contributed by atoms with Crippen LogP contribution in [0.4, 0.5) is 0 Å². The van der Waals surface area contributed by atoms with Gasteiger partial charge in [0.1, 0.15) is 0 Å². The molecule has 0 spiro atoms. The van der Waals surface area contributed by atoms with Crippen LogP contribution in [-0.2, 0) is 13.1 Å².